The van der Waals surface area contributed by atoms with Crippen LogP contribution in [-0.4, -0.2) is 9.55 Å². The van der Waals surface area contributed by atoms with Crippen LogP contribution in [-0.2, 0) is 6.54 Å². The quantitative estimate of drug-likeness (QED) is 0.777. The number of hydrogen-bond acceptors (Lipinski definition) is 1. The topological polar surface area (TPSA) is 17.8 Å². The van der Waals surface area contributed by atoms with Gasteiger partial charge in [0.2, 0.25) is 0 Å². The molecular formula is C14H17ClN2. The smallest absolute Gasteiger partial charge is 0.0951 e. The molecule has 0 spiro atoms. The Morgan fingerprint density at radius 1 is 1.18 bits per heavy atom. The minimum Gasteiger partial charge on any atom is -0.330 e. The van der Waals surface area contributed by atoms with Crippen molar-refractivity contribution in [3.63, 3.8) is 0 Å². The molecule has 1 aromatic heterocycles. The van der Waals surface area contributed by atoms with Crippen molar-refractivity contribution in [2.45, 2.75) is 27.3 Å². The van der Waals surface area contributed by atoms with Crippen LogP contribution in [0.5, 0.6) is 0 Å². The third kappa shape index (κ3) is 3.10. The van der Waals surface area contributed by atoms with Crippen LogP contribution in [0.4, 0.5) is 0 Å². The van der Waals surface area contributed by atoms with E-state index < -0.39 is 0 Å². The fourth-order valence-corrected chi connectivity index (χ4v) is 1.94. The van der Waals surface area contributed by atoms with E-state index in [-0.39, 0.29) is 5.41 Å². The minimum atomic E-state index is 0.238. The first kappa shape index (κ1) is 12.2. The molecule has 2 aromatic rings. The minimum absolute atomic E-state index is 0.238. The second kappa shape index (κ2) is 4.53. The van der Waals surface area contributed by atoms with Crippen molar-refractivity contribution in [1.82, 2.24) is 9.55 Å². The van der Waals surface area contributed by atoms with E-state index in [2.05, 4.69) is 30.3 Å². The first-order chi connectivity index (χ1) is 7.96. The average Bonchev–Trinajstić information content (AvgIpc) is 2.64. The van der Waals surface area contributed by atoms with Crippen molar-refractivity contribution in [3.8, 4) is 11.3 Å². The predicted molar refractivity (Wildman–Crippen MR) is 72.1 cm³/mol. The number of hydrogen-bond donors (Lipinski definition) is 0. The van der Waals surface area contributed by atoms with Crippen LogP contribution in [0, 0.1) is 5.41 Å². The molecule has 0 saturated carbocycles. The highest BCUT2D eigenvalue weighted by molar-refractivity contribution is 6.30. The lowest BCUT2D eigenvalue weighted by atomic mass is 9.96. The first-order valence-corrected chi connectivity index (χ1v) is 6.09. The fraction of sp³-hybridized carbons (Fsp3) is 0.357. The highest BCUT2D eigenvalue weighted by Gasteiger charge is 2.14. The van der Waals surface area contributed by atoms with Crippen molar-refractivity contribution < 1.29 is 0 Å². The number of aromatic nitrogens is 2. The van der Waals surface area contributed by atoms with E-state index in [1.54, 1.807) is 0 Å². The van der Waals surface area contributed by atoms with Crippen LogP contribution < -0.4 is 0 Å². The molecule has 1 heterocycles. The Hall–Kier alpha value is -1.28. The van der Waals surface area contributed by atoms with E-state index in [4.69, 9.17) is 11.6 Å². The van der Waals surface area contributed by atoms with Crippen LogP contribution in [0.2, 0.25) is 5.02 Å². The summed E-state index contributed by atoms with van der Waals surface area (Å²) in [6.07, 6.45) is 3.78. The van der Waals surface area contributed by atoms with Gasteiger partial charge in [0.05, 0.1) is 18.2 Å². The second-order valence-corrected chi connectivity index (χ2v) is 5.91. The van der Waals surface area contributed by atoms with Crippen LogP contribution in [0.25, 0.3) is 11.3 Å². The van der Waals surface area contributed by atoms with Gasteiger partial charge in [0.15, 0.2) is 0 Å². The van der Waals surface area contributed by atoms with Gasteiger partial charge in [0.25, 0.3) is 0 Å². The Morgan fingerprint density at radius 2 is 1.82 bits per heavy atom. The lowest BCUT2D eigenvalue weighted by molar-refractivity contribution is 0.345. The molecule has 0 aliphatic heterocycles. The number of halogens is 1. The molecule has 17 heavy (non-hydrogen) atoms. The van der Waals surface area contributed by atoms with Crippen LogP contribution in [0.15, 0.2) is 36.8 Å². The summed E-state index contributed by atoms with van der Waals surface area (Å²) in [6.45, 7) is 7.61. The van der Waals surface area contributed by atoms with Crippen LogP contribution in [0.3, 0.4) is 0 Å². The summed E-state index contributed by atoms with van der Waals surface area (Å²) in [5.41, 5.74) is 2.52. The van der Waals surface area contributed by atoms with Gasteiger partial charge in [-0.05, 0) is 23.1 Å². The maximum atomic E-state index is 5.90. The molecule has 0 aliphatic carbocycles. The summed E-state index contributed by atoms with van der Waals surface area (Å²) in [5, 5.41) is 0.760. The maximum absolute atomic E-state index is 5.90. The molecule has 0 aliphatic rings. The summed E-state index contributed by atoms with van der Waals surface area (Å²) < 4.78 is 2.18. The normalized spacial score (nSPS) is 11.8. The highest BCUT2D eigenvalue weighted by atomic mass is 35.5. The van der Waals surface area contributed by atoms with Gasteiger partial charge < -0.3 is 4.57 Å². The van der Waals surface area contributed by atoms with E-state index in [0.29, 0.717) is 0 Å². The predicted octanol–water partition coefficient (Wildman–Crippen LogP) is 4.25. The third-order valence-corrected chi connectivity index (χ3v) is 2.75. The molecule has 3 heteroatoms. The zero-order valence-electron chi connectivity index (χ0n) is 10.4. The summed E-state index contributed by atoms with van der Waals surface area (Å²) in [7, 11) is 0. The van der Waals surface area contributed by atoms with E-state index in [9.17, 15) is 0 Å². The molecular weight excluding hydrogens is 232 g/mol. The van der Waals surface area contributed by atoms with Crippen molar-refractivity contribution in [2.24, 2.45) is 5.41 Å². The van der Waals surface area contributed by atoms with Crippen LogP contribution >= 0.6 is 11.6 Å². The lowest BCUT2D eigenvalue weighted by Gasteiger charge is -2.20. The molecule has 0 amide bonds. The zero-order valence-corrected chi connectivity index (χ0v) is 11.2. The van der Waals surface area contributed by atoms with Gasteiger partial charge in [-0.25, -0.2) is 4.98 Å². The van der Waals surface area contributed by atoms with Gasteiger partial charge in [-0.3, -0.25) is 0 Å². The lowest BCUT2D eigenvalue weighted by Crippen LogP contribution is -2.15. The van der Waals surface area contributed by atoms with Crippen molar-refractivity contribution in [2.75, 3.05) is 0 Å². The zero-order chi connectivity index (χ0) is 12.5. The van der Waals surface area contributed by atoms with Crippen molar-refractivity contribution >= 4 is 11.6 Å². The molecule has 90 valence electrons. The van der Waals surface area contributed by atoms with E-state index in [0.717, 1.165) is 22.8 Å². The molecule has 2 rings (SSSR count). The third-order valence-electron chi connectivity index (χ3n) is 2.50. The Labute approximate surface area is 107 Å². The molecule has 0 atom stereocenters. The average molecular weight is 249 g/mol. The summed E-state index contributed by atoms with van der Waals surface area (Å²) >= 11 is 5.90. The SMILES string of the molecule is CC(C)(C)Cn1cncc1-c1ccc(Cl)cc1. The summed E-state index contributed by atoms with van der Waals surface area (Å²) in [4.78, 5) is 4.24. The van der Waals surface area contributed by atoms with Crippen LogP contribution in [0.1, 0.15) is 20.8 Å². The van der Waals surface area contributed by atoms with Gasteiger partial charge >= 0.3 is 0 Å². The van der Waals surface area contributed by atoms with E-state index >= 15 is 0 Å². The Bertz CT molecular complexity index is 492. The molecule has 2 nitrogen and oxygen atoms in total. The molecule has 1 aromatic carbocycles. The maximum Gasteiger partial charge on any atom is 0.0951 e. The Morgan fingerprint density at radius 3 is 2.41 bits per heavy atom. The molecule has 0 fully saturated rings. The van der Waals surface area contributed by atoms with Crippen molar-refractivity contribution in [1.29, 1.82) is 0 Å². The molecule has 0 N–H and O–H groups in total. The second-order valence-electron chi connectivity index (χ2n) is 5.47. The Kier molecular flexibility index (Phi) is 3.25. The number of imidazole rings is 1. The highest BCUT2D eigenvalue weighted by Crippen LogP contribution is 2.24. The van der Waals surface area contributed by atoms with Crippen molar-refractivity contribution in [3.05, 3.63) is 41.8 Å². The van der Waals surface area contributed by atoms with Gasteiger partial charge in [-0.1, -0.05) is 44.5 Å². The fourth-order valence-electron chi connectivity index (χ4n) is 1.82. The molecule has 0 bridgehead atoms. The molecule has 0 unspecified atom stereocenters. The van der Waals surface area contributed by atoms with Gasteiger partial charge in [0, 0.05) is 11.6 Å². The summed E-state index contributed by atoms with van der Waals surface area (Å²) in [5.74, 6) is 0. The van der Waals surface area contributed by atoms with E-state index in [1.807, 2.05) is 36.8 Å². The van der Waals surface area contributed by atoms with Gasteiger partial charge in [0.1, 0.15) is 0 Å². The monoisotopic (exact) mass is 248 g/mol. The largest absolute Gasteiger partial charge is 0.330 e. The number of nitrogens with zero attached hydrogens (tertiary/aromatic N) is 2. The van der Waals surface area contributed by atoms with E-state index in [1.165, 1.54) is 0 Å². The summed E-state index contributed by atoms with van der Waals surface area (Å²) in [6, 6.07) is 7.87. The van der Waals surface area contributed by atoms with Gasteiger partial charge in [-0.15, -0.1) is 0 Å². The first-order valence-electron chi connectivity index (χ1n) is 5.72. The molecule has 0 radical (unpaired) electrons. The number of benzene rings is 1. The molecule has 0 saturated heterocycles. The number of rotatable bonds is 2. The Balaban J connectivity index is 2.33. The standard InChI is InChI=1S/C14H17ClN2/c1-14(2,3)9-17-10-16-8-13(17)11-4-6-12(15)7-5-11/h4-8,10H,9H2,1-3H3. The van der Waals surface area contributed by atoms with Gasteiger partial charge in [-0.2, -0.15) is 0 Å².